The lowest BCUT2D eigenvalue weighted by molar-refractivity contribution is 0.0701. The highest BCUT2D eigenvalue weighted by Gasteiger charge is 2.17. The molecule has 19 heavy (non-hydrogen) atoms. The number of carbonyl (C=O) groups excluding carboxylic acids is 1. The van der Waals surface area contributed by atoms with Crippen LogP contribution in [0.5, 0.6) is 0 Å². The molecule has 1 rings (SSSR count). The highest BCUT2D eigenvalue weighted by Crippen LogP contribution is 2.16. The van der Waals surface area contributed by atoms with Crippen LogP contribution >= 0.6 is 0 Å². The molecule has 0 saturated heterocycles. The van der Waals surface area contributed by atoms with E-state index in [9.17, 15) is 4.79 Å². The maximum absolute atomic E-state index is 12.4. The van der Waals surface area contributed by atoms with E-state index in [1.807, 2.05) is 19.1 Å². The first kappa shape index (κ1) is 15.0. The lowest BCUT2D eigenvalue weighted by Gasteiger charge is -2.22. The van der Waals surface area contributed by atoms with Gasteiger partial charge in [0.15, 0.2) is 0 Å². The summed E-state index contributed by atoms with van der Waals surface area (Å²) < 4.78 is 4.98. The third-order valence-corrected chi connectivity index (χ3v) is 2.79. The molecule has 0 aliphatic carbocycles. The van der Waals surface area contributed by atoms with Crippen molar-refractivity contribution >= 4 is 11.6 Å². The van der Waals surface area contributed by atoms with Gasteiger partial charge in [-0.3, -0.25) is 4.79 Å². The molecular weight excluding hydrogens is 242 g/mol. The standard InChI is InChI=1S/C14H19N3O2/c1-11-4-5-13(16)12(10-11)14(18)17(7-3-6-15)8-9-19-2/h4-5,10H,3,7-9,16H2,1-2H3. The van der Waals surface area contributed by atoms with Crippen LogP contribution in [0.4, 0.5) is 5.69 Å². The molecule has 0 spiro atoms. The number of amides is 1. The van der Waals surface area contributed by atoms with Gasteiger partial charge in [0.25, 0.3) is 5.91 Å². The minimum Gasteiger partial charge on any atom is -0.398 e. The Morgan fingerprint density at radius 2 is 2.21 bits per heavy atom. The van der Waals surface area contributed by atoms with Crippen LogP contribution in [0.1, 0.15) is 22.3 Å². The molecule has 1 aromatic rings. The van der Waals surface area contributed by atoms with Gasteiger partial charge in [0.1, 0.15) is 0 Å². The van der Waals surface area contributed by atoms with Crippen molar-refractivity contribution in [1.82, 2.24) is 4.90 Å². The van der Waals surface area contributed by atoms with E-state index < -0.39 is 0 Å². The van der Waals surface area contributed by atoms with Crippen LogP contribution in [-0.2, 0) is 4.74 Å². The van der Waals surface area contributed by atoms with Crippen molar-refractivity contribution in [2.45, 2.75) is 13.3 Å². The summed E-state index contributed by atoms with van der Waals surface area (Å²) in [7, 11) is 1.58. The van der Waals surface area contributed by atoms with Crippen molar-refractivity contribution in [3.05, 3.63) is 29.3 Å². The molecule has 0 atom stereocenters. The summed E-state index contributed by atoms with van der Waals surface area (Å²) in [5.74, 6) is -0.159. The molecule has 1 amide bonds. The number of hydrogen-bond donors (Lipinski definition) is 1. The van der Waals surface area contributed by atoms with E-state index in [-0.39, 0.29) is 5.91 Å². The number of nitrogens with zero attached hydrogens (tertiary/aromatic N) is 2. The summed E-state index contributed by atoms with van der Waals surface area (Å²) in [6.07, 6.45) is 0.293. The summed E-state index contributed by atoms with van der Waals surface area (Å²) in [6.45, 7) is 3.17. The third-order valence-electron chi connectivity index (χ3n) is 2.79. The van der Waals surface area contributed by atoms with Crippen LogP contribution in [0.15, 0.2) is 18.2 Å². The Morgan fingerprint density at radius 1 is 1.47 bits per heavy atom. The predicted molar refractivity (Wildman–Crippen MR) is 73.6 cm³/mol. The number of aryl methyl sites for hydroxylation is 1. The first-order valence-corrected chi connectivity index (χ1v) is 6.11. The Bertz CT molecular complexity index is 480. The lowest BCUT2D eigenvalue weighted by Crippen LogP contribution is -2.35. The number of benzene rings is 1. The Labute approximate surface area is 113 Å². The van der Waals surface area contributed by atoms with Gasteiger partial charge in [-0.1, -0.05) is 11.6 Å². The van der Waals surface area contributed by atoms with Crippen LogP contribution < -0.4 is 5.73 Å². The number of carbonyl (C=O) groups is 1. The molecule has 2 N–H and O–H groups in total. The second-order valence-electron chi connectivity index (χ2n) is 4.28. The molecule has 102 valence electrons. The van der Waals surface area contributed by atoms with Crippen molar-refractivity contribution in [2.24, 2.45) is 0 Å². The highest BCUT2D eigenvalue weighted by atomic mass is 16.5. The average Bonchev–Trinajstić information content (AvgIpc) is 2.41. The van der Waals surface area contributed by atoms with Gasteiger partial charge in [-0.15, -0.1) is 0 Å². The minimum atomic E-state index is -0.159. The quantitative estimate of drug-likeness (QED) is 0.788. The van der Waals surface area contributed by atoms with E-state index >= 15 is 0 Å². The lowest BCUT2D eigenvalue weighted by atomic mass is 10.1. The van der Waals surface area contributed by atoms with Gasteiger partial charge in [-0.2, -0.15) is 5.26 Å². The molecule has 1 aromatic carbocycles. The number of nitrogens with two attached hydrogens (primary N) is 1. The Balaban J connectivity index is 2.91. The molecule has 0 unspecified atom stereocenters. The van der Waals surface area contributed by atoms with E-state index in [0.717, 1.165) is 5.56 Å². The Kier molecular flexibility index (Phi) is 5.83. The van der Waals surface area contributed by atoms with Gasteiger partial charge in [0.2, 0.25) is 0 Å². The minimum absolute atomic E-state index is 0.159. The van der Waals surface area contributed by atoms with Gasteiger partial charge in [-0.05, 0) is 19.1 Å². The summed E-state index contributed by atoms with van der Waals surface area (Å²) in [5.41, 5.74) is 7.75. The van der Waals surface area contributed by atoms with E-state index in [1.165, 1.54) is 0 Å². The first-order valence-electron chi connectivity index (χ1n) is 6.11. The zero-order chi connectivity index (χ0) is 14.3. The Morgan fingerprint density at radius 3 is 2.84 bits per heavy atom. The van der Waals surface area contributed by atoms with E-state index in [2.05, 4.69) is 0 Å². The second-order valence-corrected chi connectivity index (χ2v) is 4.28. The molecular formula is C14H19N3O2. The van der Waals surface area contributed by atoms with Crippen LogP contribution in [0, 0.1) is 18.3 Å². The smallest absolute Gasteiger partial charge is 0.256 e. The van der Waals surface area contributed by atoms with Crippen LogP contribution in [0.2, 0.25) is 0 Å². The fraction of sp³-hybridized carbons (Fsp3) is 0.429. The summed E-state index contributed by atoms with van der Waals surface area (Å²) in [4.78, 5) is 14.0. The normalized spacial score (nSPS) is 9.95. The molecule has 0 saturated carbocycles. The monoisotopic (exact) mass is 261 g/mol. The number of anilines is 1. The molecule has 0 bridgehead atoms. The fourth-order valence-corrected chi connectivity index (χ4v) is 1.73. The largest absolute Gasteiger partial charge is 0.398 e. The molecule has 0 aliphatic rings. The zero-order valence-electron chi connectivity index (χ0n) is 11.3. The first-order chi connectivity index (χ1) is 9.10. The molecule has 5 nitrogen and oxygen atoms in total. The number of rotatable bonds is 6. The maximum Gasteiger partial charge on any atom is 0.256 e. The van der Waals surface area contributed by atoms with Gasteiger partial charge in [0, 0.05) is 25.9 Å². The van der Waals surface area contributed by atoms with Crippen LogP contribution in [0.25, 0.3) is 0 Å². The summed E-state index contributed by atoms with van der Waals surface area (Å²) in [6, 6.07) is 7.39. The number of ether oxygens (including phenoxy) is 1. The Hall–Kier alpha value is -2.06. The van der Waals surface area contributed by atoms with Gasteiger partial charge in [-0.25, -0.2) is 0 Å². The average molecular weight is 261 g/mol. The molecule has 0 aliphatic heterocycles. The SMILES string of the molecule is COCCN(CCC#N)C(=O)c1cc(C)ccc1N. The molecule has 0 fully saturated rings. The van der Waals surface area contributed by atoms with Gasteiger partial charge < -0.3 is 15.4 Å². The predicted octanol–water partition coefficient (Wildman–Crippen LogP) is 1.58. The number of nitriles is 1. The van der Waals surface area contributed by atoms with E-state index in [1.54, 1.807) is 24.1 Å². The van der Waals surface area contributed by atoms with E-state index in [4.69, 9.17) is 15.7 Å². The highest BCUT2D eigenvalue weighted by molar-refractivity contribution is 5.99. The fourth-order valence-electron chi connectivity index (χ4n) is 1.73. The molecule has 0 heterocycles. The third kappa shape index (κ3) is 4.27. The molecule has 5 heteroatoms. The van der Waals surface area contributed by atoms with Gasteiger partial charge in [0.05, 0.1) is 24.7 Å². The van der Waals surface area contributed by atoms with Crippen molar-refractivity contribution < 1.29 is 9.53 Å². The topological polar surface area (TPSA) is 79.3 Å². The molecule has 0 radical (unpaired) electrons. The van der Waals surface area contributed by atoms with Crippen molar-refractivity contribution in [3.63, 3.8) is 0 Å². The van der Waals surface area contributed by atoms with Crippen molar-refractivity contribution in [1.29, 1.82) is 5.26 Å². The van der Waals surface area contributed by atoms with E-state index in [0.29, 0.717) is 37.4 Å². The van der Waals surface area contributed by atoms with Crippen LogP contribution in [-0.4, -0.2) is 37.6 Å². The summed E-state index contributed by atoms with van der Waals surface area (Å²) in [5, 5.41) is 8.65. The summed E-state index contributed by atoms with van der Waals surface area (Å²) >= 11 is 0. The van der Waals surface area contributed by atoms with Crippen molar-refractivity contribution in [2.75, 3.05) is 32.5 Å². The molecule has 0 aromatic heterocycles. The zero-order valence-corrected chi connectivity index (χ0v) is 11.3. The van der Waals surface area contributed by atoms with Crippen LogP contribution in [0.3, 0.4) is 0 Å². The number of methoxy groups -OCH3 is 1. The number of nitrogen functional groups attached to an aromatic ring is 1. The number of hydrogen-bond acceptors (Lipinski definition) is 4. The maximum atomic E-state index is 12.4. The van der Waals surface area contributed by atoms with Gasteiger partial charge >= 0.3 is 0 Å². The van der Waals surface area contributed by atoms with Crippen molar-refractivity contribution in [3.8, 4) is 6.07 Å². The second kappa shape index (κ2) is 7.39.